The van der Waals surface area contributed by atoms with Crippen LogP contribution >= 0.6 is 15.9 Å². The predicted molar refractivity (Wildman–Crippen MR) is 74.8 cm³/mol. The lowest BCUT2D eigenvalue weighted by molar-refractivity contribution is 0.236. The normalized spacial score (nSPS) is 11.8. The maximum absolute atomic E-state index is 5.66. The van der Waals surface area contributed by atoms with Gasteiger partial charge in [0.25, 0.3) is 0 Å². The first-order valence-corrected chi connectivity index (χ1v) is 6.85. The maximum Gasteiger partial charge on any atom is 0.0739 e. The fourth-order valence-electron chi connectivity index (χ4n) is 2.00. The van der Waals surface area contributed by atoms with Crippen LogP contribution in [0, 0.1) is 12.8 Å². The van der Waals surface area contributed by atoms with Gasteiger partial charge in [0.05, 0.1) is 15.9 Å². The van der Waals surface area contributed by atoms with E-state index in [1.807, 2.05) is 18.7 Å². The van der Waals surface area contributed by atoms with Crippen LogP contribution in [0.3, 0.4) is 0 Å². The van der Waals surface area contributed by atoms with Crippen LogP contribution in [0.1, 0.15) is 25.2 Å². The van der Waals surface area contributed by atoms with Gasteiger partial charge in [-0.05, 0) is 28.8 Å². The molecule has 0 saturated heterocycles. The minimum atomic E-state index is 0.648. The standard InChI is InChI=1S/C12H23BrN4/c1-9(2)7-17(6-5-14)8-11-12(13)10(3)15-16(11)4/h9H,5-8,14H2,1-4H3. The third-order valence-electron chi connectivity index (χ3n) is 2.70. The third kappa shape index (κ3) is 4.08. The Balaban J connectivity index is 2.78. The molecule has 0 bridgehead atoms. The average molecular weight is 303 g/mol. The second kappa shape index (κ2) is 6.52. The van der Waals surface area contributed by atoms with Crippen molar-refractivity contribution in [3.05, 3.63) is 15.9 Å². The molecule has 0 fully saturated rings. The van der Waals surface area contributed by atoms with Crippen molar-refractivity contribution in [1.82, 2.24) is 14.7 Å². The SMILES string of the molecule is Cc1nn(C)c(CN(CCN)CC(C)C)c1Br. The van der Waals surface area contributed by atoms with Gasteiger partial charge in [0, 0.05) is 33.2 Å². The molecular weight excluding hydrogens is 280 g/mol. The Labute approximate surface area is 112 Å². The number of hydrogen-bond donors (Lipinski definition) is 1. The van der Waals surface area contributed by atoms with Gasteiger partial charge in [-0.15, -0.1) is 0 Å². The minimum Gasteiger partial charge on any atom is -0.329 e. The van der Waals surface area contributed by atoms with Crippen molar-refractivity contribution in [2.75, 3.05) is 19.6 Å². The first kappa shape index (κ1) is 14.7. The van der Waals surface area contributed by atoms with Gasteiger partial charge in [-0.1, -0.05) is 13.8 Å². The molecule has 0 saturated carbocycles. The Hall–Kier alpha value is -0.390. The van der Waals surface area contributed by atoms with Crippen molar-refractivity contribution in [1.29, 1.82) is 0 Å². The molecule has 0 aliphatic rings. The number of halogens is 1. The Morgan fingerprint density at radius 1 is 1.47 bits per heavy atom. The summed E-state index contributed by atoms with van der Waals surface area (Å²) in [5.74, 6) is 0.648. The summed E-state index contributed by atoms with van der Waals surface area (Å²) >= 11 is 3.61. The van der Waals surface area contributed by atoms with Gasteiger partial charge in [-0.2, -0.15) is 5.10 Å². The van der Waals surface area contributed by atoms with E-state index >= 15 is 0 Å². The third-order valence-corrected chi connectivity index (χ3v) is 3.74. The smallest absolute Gasteiger partial charge is 0.0739 e. The molecule has 5 heteroatoms. The van der Waals surface area contributed by atoms with Gasteiger partial charge in [0.1, 0.15) is 0 Å². The van der Waals surface area contributed by atoms with Gasteiger partial charge in [0.2, 0.25) is 0 Å². The first-order valence-electron chi connectivity index (χ1n) is 6.06. The molecule has 0 aromatic carbocycles. The lowest BCUT2D eigenvalue weighted by atomic mass is 10.2. The zero-order valence-corrected chi connectivity index (χ0v) is 12.8. The summed E-state index contributed by atoms with van der Waals surface area (Å²) in [7, 11) is 1.99. The molecule has 0 amide bonds. The van der Waals surface area contributed by atoms with Crippen molar-refractivity contribution in [3.63, 3.8) is 0 Å². The van der Waals surface area contributed by atoms with Crippen molar-refractivity contribution in [2.24, 2.45) is 18.7 Å². The molecule has 0 aliphatic heterocycles. The Bertz CT molecular complexity index is 360. The highest BCUT2D eigenvalue weighted by Gasteiger charge is 2.15. The number of hydrogen-bond acceptors (Lipinski definition) is 3. The summed E-state index contributed by atoms with van der Waals surface area (Å²) in [5.41, 5.74) is 7.92. The van der Waals surface area contributed by atoms with Crippen LogP contribution in [0.15, 0.2) is 4.47 Å². The van der Waals surface area contributed by atoms with E-state index in [0.29, 0.717) is 12.5 Å². The highest BCUT2D eigenvalue weighted by molar-refractivity contribution is 9.10. The highest BCUT2D eigenvalue weighted by Crippen LogP contribution is 2.21. The Kier molecular flexibility index (Phi) is 5.62. The molecule has 4 nitrogen and oxygen atoms in total. The lowest BCUT2D eigenvalue weighted by Crippen LogP contribution is -2.33. The van der Waals surface area contributed by atoms with Gasteiger partial charge >= 0.3 is 0 Å². The average Bonchev–Trinajstić information content (AvgIpc) is 2.44. The van der Waals surface area contributed by atoms with E-state index in [4.69, 9.17) is 5.73 Å². The summed E-state index contributed by atoms with van der Waals surface area (Å²) in [5, 5.41) is 4.41. The Morgan fingerprint density at radius 3 is 2.53 bits per heavy atom. The molecule has 1 aromatic rings. The molecule has 17 heavy (non-hydrogen) atoms. The molecular formula is C12H23BrN4. The van der Waals surface area contributed by atoms with Gasteiger partial charge in [0.15, 0.2) is 0 Å². The van der Waals surface area contributed by atoms with Crippen LogP contribution in [-0.4, -0.2) is 34.3 Å². The fourth-order valence-corrected chi connectivity index (χ4v) is 2.46. The van der Waals surface area contributed by atoms with Crippen LogP contribution in [0.4, 0.5) is 0 Å². The van der Waals surface area contributed by atoms with Crippen LogP contribution in [0.25, 0.3) is 0 Å². The molecule has 0 radical (unpaired) electrons. The summed E-state index contributed by atoms with van der Waals surface area (Å²) < 4.78 is 3.06. The molecule has 0 spiro atoms. The maximum atomic E-state index is 5.66. The molecule has 2 N–H and O–H groups in total. The van der Waals surface area contributed by atoms with E-state index in [9.17, 15) is 0 Å². The van der Waals surface area contributed by atoms with Crippen LogP contribution < -0.4 is 5.73 Å². The van der Waals surface area contributed by atoms with E-state index in [1.165, 1.54) is 5.69 Å². The predicted octanol–water partition coefficient (Wildman–Crippen LogP) is 1.91. The second-order valence-corrected chi connectivity index (χ2v) is 5.68. The minimum absolute atomic E-state index is 0.648. The number of aryl methyl sites for hydroxylation is 2. The first-order chi connectivity index (χ1) is 7.95. The largest absolute Gasteiger partial charge is 0.329 e. The zero-order valence-electron chi connectivity index (χ0n) is 11.2. The molecule has 1 heterocycles. The van der Waals surface area contributed by atoms with E-state index in [-0.39, 0.29) is 0 Å². The fraction of sp³-hybridized carbons (Fsp3) is 0.750. The zero-order chi connectivity index (χ0) is 13.0. The van der Waals surface area contributed by atoms with Gasteiger partial charge in [-0.3, -0.25) is 9.58 Å². The quantitative estimate of drug-likeness (QED) is 0.873. The van der Waals surface area contributed by atoms with Crippen molar-refractivity contribution in [3.8, 4) is 0 Å². The molecule has 0 aliphatic carbocycles. The number of nitrogens with zero attached hydrogens (tertiary/aromatic N) is 3. The number of rotatable bonds is 6. The van der Waals surface area contributed by atoms with E-state index in [1.54, 1.807) is 0 Å². The summed E-state index contributed by atoms with van der Waals surface area (Å²) in [6.45, 7) is 10.1. The lowest BCUT2D eigenvalue weighted by Gasteiger charge is -2.23. The van der Waals surface area contributed by atoms with Gasteiger partial charge < -0.3 is 5.73 Å². The molecule has 1 aromatic heterocycles. The van der Waals surface area contributed by atoms with Crippen LogP contribution in [0.5, 0.6) is 0 Å². The summed E-state index contributed by atoms with van der Waals surface area (Å²) in [6, 6.07) is 0. The Morgan fingerprint density at radius 2 is 2.12 bits per heavy atom. The molecule has 0 atom stereocenters. The number of aromatic nitrogens is 2. The highest BCUT2D eigenvalue weighted by atomic mass is 79.9. The van der Waals surface area contributed by atoms with Crippen molar-refractivity contribution in [2.45, 2.75) is 27.3 Å². The van der Waals surface area contributed by atoms with E-state index < -0.39 is 0 Å². The van der Waals surface area contributed by atoms with Crippen molar-refractivity contribution < 1.29 is 0 Å². The molecule has 98 valence electrons. The summed E-state index contributed by atoms with van der Waals surface area (Å²) in [4.78, 5) is 2.38. The van der Waals surface area contributed by atoms with E-state index in [0.717, 1.165) is 29.8 Å². The van der Waals surface area contributed by atoms with Crippen LogP contribution in [-0.2, 0) is 13.6 Å². The molecule has 0 unspecified atom stereocenters. The van der Waals surface area contributed by atoms with Crippen LogP contribution in [0.2, 0.25) is 0 Å². The van der Waals surface area contributed by atoms with Gasteiger partial charge in [-0.25, -0.2) is 0 Å². The monoisotopic (exact) mass is 302 g/mol. The summed E-state index contributed by atoms with van der Waals surface area (Å²) in [6.07, 6.45) is 0. The van der Waals surface area contributed by atoms with E-state index in [2.05, 4.69) is 39.8 Å². The molecule has 1 rings (SSSR count). The number of nitrogens with two attached hydrogens (primary N) is 1. The van der Waals surface area contributed by atoms with Crippen molar-refractivity contribution >= 4 is 15.9 Å². The second-order valence-electron chi connectivity index (χ2n) is 4.89. The topological polar surface area (TPSA) is 47.1 Å².